The first kappa shape index (κ1) is 17.3. The van der Waals surface area contributed by atoms with Crippen molar-refractivity contribution in [3.8, 4) is 0 Å². The minimum absolute atomic E-state index is 0.199. The first-order valence-electron chi connectivity index (χ1n) is 8.72. The van der Waals surface area contributed by atoms with Gasteiger partial charge in [-0.3, -0.25) is 10.1 Å². The van der Waals surface area contributed by atoms with E-state index in [1.807, 2.05) is 0 Å². The molecule has 1 aliphatic carbocycles. The number of anilines is 1. The van der Waals surface area contributed by atoms with Gasteiger partial charge in [-0.2, -0.15) is 0 Å². The van der Waals surface area contributed by atoms with Gasteiger partial charge in [-0.1, -0.05) is 30.3 Å². The Morgan fingerprint density at radius 2 is 2.12 bits per heavy atom. The number of amides is 1. The number of aryl methyl sites for hydroxylation is 1. The number of benzene rings is 1. The van der Waals surface area contributed by atoms with E-state index in [2.05, 4.69) is 45.6 Å². The highest BCUT2D eigenvalue weighted by Crippen LogP contribution is 2.37. The Balaban J connectivity index is 1.45. The molecule has 0 saturated carbocycles. The lowest BCUT2D eigenvalue weighted by atomic mass is 9.85. The second-order valence-electron chi connectivity index (χ2n) is 6.36. The van der Waals surface area contributed by atoms with Crippen LogP contribution >= 0.6 is 22.7 Å². The maximum atomic E-state index is 12.4. The van der Waals surface area contributed by atoms with Gasteiger partial charge in [0.1, 0.15) is 5.69 Å². The van der Waals surface area contributed by atoms with E-state index in [1.54, 1.807) is 16.7 Å². The quantitative estimate of drug-likeness (QED) is 0.704. The molecule has 2 aromatic heterocycles. The summed E-state index contributed by atoms with van der Waals surface area (Å²) in [5, 5.41) is 6.24. The molecule has 0 bridgehead atoms. The van der Waals surface area contributed by atoms with Crippen LogP contribution in [0, 0.1) is 0 Å². The third-order valence-electron chi connectivity index (χ3n) is 4.57. The van der Waals surface area contributed by atoms with Crippen LogP contribution in [0.15, 0.2) is 35.7 Å². The van der Waals surface area contributed by atoms with Crippen molar-refractivity contribution < 1.29 is 4.79 Å². The summed E-state index contributed by atoms with van der Waals surface area (Å²) in [5.74, 6) is 0.334. The lowest BCUT2D eigenvalue weighted by Gasteiger charge is -2.21. The standard InChI is InChI=1S/C19H20N4OS2/c20-9-8-17-21-15(11-25-17)18(24)23-19-22-14-7-6-13(10-16(14)26-19)12-4-2-1-3-5-12/h1-5,11,13H,6-10,20H2,(H,22,23,24). The summed E-state index contributed by atoms with van der Waals surface area (Å²) in [4.78, 5) is 22.6. The number of carbonyl (C=O) groups excluding carboxylic acids is 1. The van der Waals surface area contributed by atoms with E-state index >= 15 is 0 Å². The molecule has 0 spiro atoms. The number of nitrogens with one attached hydrogen (secondary N) is 1. The molecule has 0 radical (unpaired) electrons. The largest absolute Gasteiger partial charge is 0.330 e. The molecule has 1 unspecified atom stereocenters. The molecule has 1 aromatic carbocycles. The van der Waals surface area contributed by atoms with Gasteiger partial charge in [0.15, 0.2) is 5.13 Å². The van der Waals surface area contributed by atoms with Crippen LogP contribution in [-0.2, 0) is 19.3 Å². The van der Waals surface area contributed by atoms with Crippen molar-refractivity contribution in [3.63, 3.8) is 0 Å². The normalized spacial score (nSPS) is 16.3. The molecule has 0 saturated heterocycles. The Bertz CT molecular complexity index is 903. The first-order valence-corrected chi connectivity index (χ1v) is 10.4. The van der Waals surface area contributed by atoms with Gasteiger partial charge in [-0.15, -0.1) is 22.7 Å². The van der Waals surface area contributed by atoms with E-state index in [4.69, 9.17) is 5.73 Å². The van der Waals surface area contributed by atoms with Crippen LogP contribution in [0.25, 0.3) is 0 Å². The molecular formula is C19H20N4OS2. The molecule has 3 aromatic rings. The second-order valence-corrected chi connectivity index (χ2v) is 8.38. The Morgan fingerprint density at radius 3 is 2.92 bits per heavy atom. The highest BCUT2D eigenvalue weighted by atomic mass is 32.1. The van der Waals surface area contributed by atoms with Gasteiger partial charge in [-0.25, -0.2) is 9.97 Å². The van der Waals surface area contributed by atoms with Gasteiger partial charge in [0.2, 0.25) is 0 Å². The molecule has 26 heavy (non-hydrogen) atoms. The fraction of sp³-hybridized carbons (Fsp3) is 0.316. The van der Waals surface area contributed by atoms with Crippen LogP contribution in [0.2, 0.25) is 0 Å². The molecule has 1 atom stereocenters. The predicted molar refractivity (Wildman–Crippen MR) is 106 cm³/mol. The minimum Gasteiger partial charge on any atom is -0.330 e. The molecule has 0 fully saturated rings. The zero-order chi connectivity index (χ0) is 17.9. The van der Waals surface area contributed by atoms with E-state index < -0.39 is 0 Å². The predicted octanol–water partition coefficient (Wildman–Crippen LogP) is 3.63. The lowest BCUT2D eigenvalue weighted by Crippen LogP contribution is -2.13. The molecule has 3 N–H and O–H groups in total. The fourth-order valence-corrected chi connectivity index (χ4v) is 5.13. The molecule has 2 heterocycles. The van der Waals surface area contributed by atoms with E-state index in [0.717, 1.165) is 30.0 Å². The van der Waals surface area contributed by atoms with Gasteiger partial charge in [0.05, 0.1) is 10.7 Å². The molecule has 5 nitrogen and oxygen atoms in total. The summed E-state index contributed by atoms with van der Waals surface area (Å²) < 4.78 is 0. The Labute approximate surface area is 160 Å². The fourth-order valence-electron chi connectivity index (χ4n) is 3.25. The maximum Gasteiger partial charge on any atom is 0.276 e. The topological polar surface area (TPSA) is 80.9 Å². The van der Waals surface area contributed by atoms with Crippen molar-refractivity contribution in [2.24, 2.45) is 5.73 Å². The van der Waals surface area contributed by atoms with Gasteiger partial charge in [-0.05, 0) is 37.3 Å². The van der Waals surface area contributed by atoms with Crippen molar-refractivity contribution in [3.05, 3.63) is 62.5 Å². The minimum atomic E-state index is -0.199. The molecule has 1 amide bonds. The molecule has 7 heteroatoms. The zero-order valence-corrected chi connectivity index (χ0v) is 15.9. The van der Waals surface area contributed by atoms with Crippen molar-refractivity contribution in [2.75, 3.05) is 11.9 Å². The number of carbonyl (C=O) groups is 1. The lowest BCUT2D eigenvalue weighted by molar-refractivity contribution is 0.102. The van der Waals surface area contributed by atoms with E-state index in [0.29, 0.717) is 29.7 Å². The molecule has 1 aliphatic rings. The van der Waals surface area contributed by atoms with Crippen molar-refractivity contribution in [2.45, 2.75) is 31.6 Å². The van der Waals surface area contributed by atoms with Crippen LogP contribution in [0.1, 0.15) is 44.0 Å². The van der Waals surface area contributed by atoms with Crippen molar-refractivity contribution in [1.82, 2.24) is 9.97 Å². The number of hydrogen-bond donors (Lipinski definition) is 2. The van der Waals surface area contributed by atoms with Crippen molar-refractivity contribution in [1.29, 1.82) is 0 Å². The van der Waals surface area contributed by atoms with Crippen molar-refractivity contribution >= 4 is 33.7 Å². The number of hydrogen-bond acceptors (Lipinski definition) is 6. The highest BCUT2D eigenvalue weighted by molar-refractivity contribution is 7.16. The molecular weight excluding hydrogens is 364 g/mol. The van der Waals surface area contributed by atoms with Crippen LogP contribution < -0.4 is 11.1 Å². The second kappa shape index (κ2) is 7.65. The number of fused-ring (bicyclic) bond motifs is 1. The van der Waals surface area contributed by atoms with Crippen LogP contribution in [0.3, 0.4) is 0 Å². The number of nitrogens with zero attached hydrogens (tertiary/aromatic N) is 2. The SMILES string of the molecule is NCCc1nc(C(=O)Nc2nc3c(s2)CC(c2ccccc2)CC3)cs1. The monoisotopic (exact) mass is 384 g/mol. The number of rotatable bonds is 5. The van der Waals surface area contributed by atoms with Gasteiger partial charge < -0.3 is 5.73 Å². The Morgan fingerprint density at radius 1 is 1.27 bits per heavy atom. The third kappa shape index (κ3) is 3.70. The summed E-state index contributed by atoms with van der Waals surface area (Å²) in [7, 11) is 0. The van der Waals surface area contributed by atoms with Crippen LogP contribution in [0.4, 0.5) is 5.13 Å². The summed E-state index contributed by atoms with van der Waals surface area (Å²) in [6, 6.07) is 10.6. The average Bonchev–Trinajstić information content (AvgIpc) is 3.28. The maximum absolute atomic E-state index is 12.4. The molecule has 4 rings (SSSR count). The summed E-state index contributed by atoms with van der Waals surface area (Å²) in [5.41, 5.74) is 8.48. The number of thiazole rings is 2. The van der Waals surface area contributed by atoms with Gasteiger partial charge >= 0.3 is 0 Å². The van der Waals surface area contributed by atoms with Gasteiger partial charge in [0, 0.05) is 16.7 Å². The summed E-state index contributed by atoms with van der Waals surface area (Å²) in [6.45, 7) is 0.538. The highest BCUT2D eigenvalue weighted by Gasteiger charge is 2.24. The smallest absolute Gasteiger partial charge is 0.276 e. The zero-order valence-electron chi connectivity index (χ0n) is 14.3. The molecule has 0 aliphatic heterocycles. The Kier molecular flexibility index (Phi) is 5.10. The van der Waals surface area contributed by atoms with E-state index in [1.165, 1.54) is 21.8 Å². The number of nitrogens with two attached hydrogens (primary N) is 1. The van der Waals surface area contributed by atoms with Crippen LogP contribution in [-0.4, -0.2) is 22.4 Å². The Hall–Kier alpha value is -2.09. The molecule has 134 valence electrons. The third-order valence-corrected chi connectivity index (χ3v) is 6.52. The summed E-state index contributed by atoms with van der Waals surface area (Å²) in [6.07, 6.45) is 3.75. The average molecular weight is 385 g/mol. The van der Waals surface area contributed by atoms with Crippen LogP contribution in [0.5, 0.6) is 0 Å². The summed E-state index contributed by atoms with van der Waals surface area (Å²) >= 11 is 3.06. The number of aromatic nitrogens is 2. The van der Waals surface area contributed by atoms with Gasteiger partial charge in [0.25, 0.3) is 5.91 Å². The van der Waals surface area contributed by atoms with E-state index in [9.17, 15) is 4.79 Å². The first-order chi connectivity index (χ1) is 12.7. The van der Waals surface area contributed by atoms with E-state index in [-0.39, 0.29) is 5.91 Å².